The fourth-order valence-corrected chi connectivity index (χ4v) is 3.00. The number of nitrogens with zero attached hydrogens (tertiary/aromatic N) is 1. The molecule has 2 aromatic rings. The van der Waals surface area contributed by atoms with Crippen LogP contribution < -0.4 is 5.32 Å². The molecule has 1 atom stereocenters. The summed E-state index contributed by atoms with van der Waals surface area (Å²) in [6, 6.07) is 15.2. The molecule has 0 unspecified atom stereocenters. The number of hydrogen-bond acceptors (Lipinski definition) is 4. The maximum Gasteiger partial charge on any atom is 0.246 e. The van der Waals surface area contributed by atoms with E-state index in [-0.39, 0.29) is 10.8 Å². The molecule has 5 nitrogen and oxygen atoms in total. The summed E-state index contributed by atoms with van der Waals surface area (Å²) >= 11 is 0. The number of anilines is 1. The molecule has 0 aliphatic heterocycles. The Hall–Kier alpha value is -2.18. The van der Waals surface area contributed by atoms with Crippen molar-refractivity contribution in [2.45, 2.75) is 10.9 Å². The summed E-state index contributed by atoms with van der Waals surface area (Å²) < 4.78 is 23.2. The highest BCUT2D eigenvalue weighted by molar-refractivity contribution is 7.90. The fraction of sp³-hybridized carbons (Fsp3) is 0.235. The van der Waals surface area contributed by atoms with Crippen molar-refractivity contribution in [3.8, 4) is 0 Å². The minimum Gasteiger partial charge on any atom is -0.324 e. The van der Waals surface area contributed by atoms with Crippen LogP contribution in [0.1, 0.15) is 11.6 Å². The van der Waals surface area contributed by atoms with Crippen molar-refractivity contribution in [3.05, 3.63) is 60.2 Å². The van der Waals surface area contributed by atoms with Crippen molar-refractivity contribution in [1.29, 1.82) is 0 Å². The summed E-state index contributed by atoms with van der Waals surface area (Å²) in [5.41, 5.74) is 1.33. The zero-order chi connectivity index (χ0) is 17.0. The first-order valence-electron chi connectivity index (χ1n) is 7.11. The zero-order valence-corrected chi connectivity index (χ0v) is 14.2. The zero-order valence-electron chi connectivity index (χ0n) is 13.4. The first-order chi connectivity index (χ1) is 10.8. The maximum atomic E-state index is 12.6. The third-order valence-electron chi connectivity index (χ3n) is 3.41. The molecule has 0 heterocycles. The predicted octanol–water partition coefficient (Wildman–Crippen LogP) is 2.33. The van der Waals surface area contributed by atoms with E-state index < -0.39 is 15.9 Å². The molecule has 1 N–H and O–H groups in total. The van der Waals surface area contributed by atoms with Gasteiger partial charge in [0, 0.05) is 11.9 Å². The van der Waals surface area contributed by atoms with E-state index in [9.17, 15) is 13.2 Å². The molecule has 0 aliphatic rings. The third-order valence-corrected chi connectivity index (χ3v) is 4.52. The van der Waals surface area contributed by atoms with Gasteiger partial charge in [0.25, 0.3) is 0 Å². The van der Waals surface area contributed by atoms with Gasteiger partial charge < -0.3 is 5.32 Å². The number of sulfone groups is 1. The number of carbonyl (C=O) groups is 1. The van der Waals surface area contributed by atoms with Crippen molar-refractivity contribution in [1.82, 2.24) is 4.90 Å². The lowest BCUT2D eigenvalue weighted by molar-refractivity contribution is -0.120. The second kappa shape index (κ2) is 6.93. The van der Waals surface area contributed by atoms with Gasteiger partial charge in [-0.05, 0) is 37.9 Å². The van der Waals surface area contributed by atoms with Crippen LogP contribution in [0.3, 0.4) is 0 Å². The number of rotatable bonds is 5. The first kappa shape index (κ1) is 17.2. The van der Waals surface area contributed by atoms with Crippen LogP contribution in [0, 0.1) is 0 Å². The van der Waals surface area contributed by atoms with Crippen molar-refractivity contribution >= 4 is 21.4 Å². The molecule has 1 amide bonds. The van der Waals surface area contributed by atoms with Crippen molar-refractivity contribution in [2.24, 2.45) is 0 Å². The second-order valence-corrected chi connectivity index (χ2v) is 7.58. The third kappa shape index (κ3) is 4.40. The Morgan fingerprint density at radius 1 is 1.04 bits per heavy atom. The molecule has 0 fully saturated rings. The quantitative estimate of drug-likeness (QED) is 0.912. The largest absolute Gasteiger partial charge is 0.324 e. The highest BCUT2D eigenvalue weighted by Crippen LogP contribution is 2.21. The summed E-state index contributed by atoms with van der Waals surface area (Å²) in [4.78, 5) is 14.6. The van der Waals surface area contributed by atoms with Crippen LogP contribution in [-0.2, 0) is 14.6 Å². The van der Waals surface area contributed by atoms with Crippen molar-refractivity contribution in [3.63, 3.8) is 0 Å². The Labute approximate surface area is 136 Å². The lowest BCUT2D eigenvalue weighted by atomic mass is 10.1. The molecule has 0 aliphatic carbocycles. The van der Waals surface area contributed by atoms with Crippen LogP contribution in [0.2, 0.25) is 0 Å². The molecule has 0 bridgehead atoms. The average molecular weight is 332 g/mol. The van der Waals surface area contributed by atoms with E-state index in [0.717, 1.165) is 11.8 Å². The summed E-state index contributed by atoms with van der Waals surface area (Å²) in [5, 5.41) is 2.79. The summed E-state index contributed by atoms with van der Waals surface area (Å²) in [5.74, 6) is -0.216. The lowest BCUT2D eigenvalue weighted by Crippen LogP contribution is -2.32. The molecule has 2 aromatic carbocycles. The van der Waals surface area contributed by atoms with Gasteiger partial charge in [0.15, 0.2) is 9.84 Å². The Balaban J connectivity index is 2.26. The minimum absolute atomic E-state index is 0.177. The number of carbonyl (C=O) groups excluding carboxylic acids is 1. The smallest absolute Gasteiger partial charge is 0.246 e. The fourth-order valence-electron chi connectivity index (χ4n) is 2.33. The Bertz CT molecular complexity index is 786. The predicted molar refractivity (Wildman–Crippen MR) is 91.1 cm³/mol. The minimum atomic E-state index is -3.31. The summed E-state index contributed by atoms with van der Waals surface area (Å²) in [6.45, 7) is 0. The van der Waals surface area contributed by atoms with E-state index in [1.54, 1.807) is 12.1 Å². The number of benzene rings is 2. The molecule has 23 heavy (non-hydrogen) atoms. The molecule has 0 aromatic heterocycles. The van der Waals surface area contributed by atoms with Crippen LogP contribution in [0.4, 0.5) is 5.69 Å². The van der Waals surface area contributed by atoms with E-state index in [0.29, 0.717) is 5.69 Å². The number of hydrogen-bond donors (Lipinski definition) is 1. The maximum absolute atomic E-state index is 12.6. The van der Waals surface area contributed by atoms with Crippen LogP contribution in [0.5, 0.6) is 0 Å². The Morgan fingerprint density at radius 2 is 1.70 bits per heavy atom. The highest BCUT2D eigenvalue weighted by atomic mass is 32.2. The topological polar surface area (TPSA) is 66.5 Å². The molecule has 0 saturated carbocycles. The van der Waals surface area contributed by atoms with Gasteiger partial charge in [-0.15, -0.1) is 0 Å². The molecular formula is C17H20N2O3S. The normalized spacial score (nSPS) is 12.9. The van der Waals surface area contributed by atoms with Crippen LogP contribution in [-0.4, -0.2) is 39.6 Å². The Kier molecular flexibility index (Phi) is 5.18. The van der Waals surface area contributed by atoms with Gasteiger partial charge in [0.2, 0.25) is 5.91 Å². The van der Waals surface area contributed by atoms with Gasteiger partial charge in [-0.3, -0.25) is 9.69 Å². The molecule has 6 heteroatoms. The van der Waals surface area contributed by atoms with E-state index in [1.165, 1.54) is 12.1 Å². The SMILES string of the molecule is CN(C)[C@@H](C(=O)Nc1cccc(S(C)(=O)=O)c1)c1ccccc1. The van der Waals surface area contributed by atoms with E-state index in [1.807, 2.05) is 49.3 Å². The monoisotopic (exact) mass is 332 g/mol. The number of amides is 1. The summed E-state index contributed by atoms with van der Waals surface area (Å²) in [6.07, 6.45) is 1.14. The molecule has 2 rings (SSSR count). The van der Waals surface area contributed by atoms with Gasteiger partial charge >= 0.3 is 0 Å². The molecule has 0 saturated heterocycles. The number of likely N-dealkylation sites (N-methyl/N-ethyl adjacent to an activating group) is 1. The van der Waals surface area contributed by atoms with E-state index in [2.05, 4.69) is 5.32 Å². The first-order valence-corrected chi connectivity index (χ1v) is 9.00. The highest BCUT2D eigenvalue weighted by Gasteiger charge is 2.23. The van der Waals surface area contributed by atoms with Gasteiger partial charge in [-0.2, -0.15) is 0 Å². The standard InChI is InChI=1S/C17H20N2O3S/c1-19(2)16(13-8-5-4-6-9-13)17(20)18-14-10-7-11-15(12-14)23(3,21)22/h4-12,16H,1-3H3,(H,18,20)/t16-/m1/s1. The van der Waals surface area contributed by atoms with Crippen molar-refractivity contribution < 1.29 is 13.2 Å². The second-order valence-electron chi connectivity index (χ2n) is 5.57. The molecule has 122 valence electrons. The van der Waals surface area contributed by atoms with E-state index in [4.69, 9.17) is 0 Å². The van der Waals surface area contributed by atoms with Crippen LogP contribution in [0.25, 0.3) is 0 Å². The van der Waals surface area contributed by atoms with E-state index >= 15 is 0 Å². The average Bonchev–Trinajstić information content (AvgIpc) is 2.47. The van der Waals surface area contributed by atoms with Gasteiger partial charge in [0.1, 0.15) is 6.04 Å². The molecule has 0 spiro atoms. The lowest BCUT2D eigenvalue weighted by Gasteiger charge is -2.24. The van der Waals surface area contributed by atoms with Gasteiger partial charge in [-0.25, -0.2) is 8.42 Å². The Morgan fingerprint density at radius 3 is 2.26 bits per heavy atom. The van der Waals surface area contributed by atoms with Crippen LogP contribution in [0.15, 0.2) is 59.5 Å². The number of nitrogens with one attached hydrogen (secondary N) is 1. The van der Waals surface area contributed by atoms with Gasteiger partial charge in [0.05, 0.1) is 4.90 Å². The van der Waals surface area contributed by atoms with Crippen LogP contribution >= 0.6 is 0 Å². The molecular weight excluding hydrogens is 312 g/mol. The van der Waals surface area contributed by atoms with Crippen molar-refractivity contribution in [2.75, 3.05) is 25.7 Å². The summed E-state index contributed by atoms with van der Waals surface area (Å²) in [7, 11) is 0.336. The van der Waals surface area contributed by atoms with Gasteiger partial charge in [-0.1, -0.05) is 36.4 Å². The molecule has 0 radical (unpaired) electrons.